The van der Waals surface area contributed by atoms with Gasteiger partial charge in [0.25, 0.3) is 0 Å². The van der Waals surface area contributed by atoms with Crippen molar-refractivity contribution in [2.45, 2.75) is 83.2 Å². The number of amides is 2. The van der Waals surface area contributed by atoms with E-state index in [1.54, 1.807) is 30.4 Å². The zero-order valence-electron chi connectivity index (χ0n) is 25.3. The van der Waals surface area contributed by atoms with Gasteiger partial charge >= 0.3 is 17.9 Å². The van der Waals surface area contributed by atoms with E-state index >= 15 is 0 Å². The quantitative estimate of drug-likeness (QED) is 0.0333. The number of thiol groups is 1. The Morgan fingerprint density at radius 1 is 0.750 bits per heavy atom. The molecular formula is C32H47N3O8S. The van der Waals surface area contributed by atoms with Crippen LogP contribution in [0.5, 0.6) is 0 Å². The standard InChI is InChI=1S/C32H47N3O8S/c1-2-3-4-5-6-7-8-9-10-11-12-15-18-25(19-16-13-14-17-20-29(37)38)34-26(32(42)43)21-22-28(36)35-27(24-44)31(41)33-23-30(39)40/h10-20,26-27,34,44H,2-9,21-24H2,1H3,(H,33,41)(H,35,36)(H,37,38)(H,39,40)(H,42,43)/t26-,27-/m0/s1. The molecule has 0 rings (SSSR count). The smallest absolute Gasteiger partial charge is 0.328 e. The van der Waals surface area contributed by atoms with E-state index in [0.29, 0.717) is 5.70 Å². The van der Waals surface area contributed by atoms with Crippen LogP contribution in [0.4, 0.5) is 0 Å². The lowest BCUT2D eigenvalue weighted by molar-refractivity contribution is -0.139. The molecule has 0 aliphatic heterocycles. The van der Waals surface area contributed by atoms with Gasteiger partial charge in [0.15, 0.2) is 0 Å². The largest absolute Gasteiger partial charge is 0.480 e. The lowest BCUT2D eigenvalue weighted by Crippen LogP contribution is -2.49. The third kappa shape index (κ3) is 23.5. The summed E-state index contributed by atoms with van der Waals surface area (Å²) in [5, 5.41) is 34.6. The number of hydrogen-bond donors (Lipinski definition) is 7. The summed E-state index contributed by atoms with van der Waals surface area (Å²) in [7, 11) is 0. The third-order valence-corrected chi connectivity index (χ3v) is 6.37. The van der Waals surface area contributed by atoms with Gasteiger partial charge in [-0.05, 0) is 31.4 Å². The number of allylic oxidation sites excluding steroid dienone is 10. The average molecular weight is 634 g/mol. The van der Waals surface area contributed by atoms with E-state index in [0.717, 1.165) is 18.9 Å². The molecule has 6 N–H and O–H groups in total. The summed E-state index contributed by atoms with van der Waals surface area (Å²) in [5.74, 6) is -4.90. The van der Waals surface area contributed by atoms with Crippen molar-refractivity contribution in [2.24, 2.45) is 0 Å². The first-order chi connectivity index (χ1) is 21.1. The Kier molecular flexibility index (Phi) is 24.1. The Labute approximate surface area is 265 Å². The lowest BCUT2D eigenvalue weighted by atomic mass is 10.1. The summed E-state index contributed by atoms with van der Waals surface area (Å²) < 4.78 is 0. The molecule has 244 valence electrons. The molecule has 0 spiro atoms. The SMILES string of the molecule is CCCCCCCCCC=CC=CC=C(C=CC=CC=CC(=O)O)N[C@@H](CCC(=O)N[C@@H](CS)C(=O)NCC(=O)O)C(=O)O. The summed E-state index contributed by atoms with van der Waals surface area (Å²) in [5.41, 5.74) is 0.433. The number of aliphatic carboxylic acids is 3. The predicted molar refractivity (Wildman–Crippen MR) is 174 cm³/mol. The Morgan fingerprint density at radius 2 is 1.39 bits per heavy atom. The van der Waals surface area contributed by atoms with E-state index in [1.165, 1.54) is 50.7 Å². The van der Waals surface area contributed by atoms with Crippen LogP contribution in [-0.4, -0.2) is 69.4 Å². The fourth-order valence-electron chi connectivity index (χ4n) is 3.68. The minimum atomic E-state index is -1.24. The van der Waals surface area contributed by atoms with Crippen molar-refractivity contribution < 1.29 is 39.3 Å². The summed E-state index contributed by atoms with van der Waals surface area (Å²) in [6.07, 6.45) is 27.2. The minimum Gasteiger partial charge on any atom is -0.480 e. The van der Waals surface area contributed by atoms with Gasteiger partial charge in [0, 0.05) is 23.9 Å². The summed E-state index contributed by atoms with van der Waals surface area (Å²) in [6.45, 7) is 1.59. The molecule has 0 aromatic carbocycles. The number of carboxylic acid groups (broad SMARTS) is 3. The van der Waals surface area contributed by atoms with Gasteiger partial charge in [-0.15, -0.1) is 0 Å². The number of carboxylic acids is 3. The highest BCUT2D eigenvalue weighted by molar-refractivity contribution is 7.80. The van der Waals surface area contributed by atoms with Crippen LogP contribution in [-0.2, 0) is 24.0 Å². The maximum absolute atomic E-state index is 12.4. The molecule has 0 bridgehead atoms. The first-order valence-corrected chi connectivity index (χ1v) is 15.4. The van der Waals surface area contributed by atoms with Crippen molar-refractivity contribution in [1.82, 2.24) is 16.0 Å². The molecule has 0 aliphatic rings. The van der Waals surface area contributed by atoms with Crippen molar-refractivity contribution in [3.05, 3.63) is 72.5 Å². The summed E-state index contributed by atoms with van der Waals surface area (Å²) in [4.78, 5) is 57.7. The van der Waals surface area contributed by atoms with E-state index in [-0.39, 0.29) is 18.6 Å². The average Bonchev–Trinajstić information content (AvgIpc) is 2.98. The molecule has 0 aromatic heterocycles. The van der Waals surface area contributed by atoms with E-state index < -0.39 is 48.4 Å². The topological polar surface area (TPSA) is 182 Å². The second-order valence-corrected chi connectivity index (χ2v) is 10.1. The number of nitrogens with one attached hydrogen (secondary N) is 3. The molecule has 2 amide bonds. The molecule has 0 unspecified atom stereocenters. The van der Waals surface area contributed by atoms with Crippen molar-refractivity contribution in [2.75, 3.05) is 12.3 Å². The number of unbranched alkanes of at least 4 members (excludes halogenated alkanes) is 7. The molecule has 2 atom stereocenters. The van der Waals surface area contributed by atoms with Gasteiger partial charge < -0.3 is 31.3 Å². The Hall–Kier alpha value is -4.06. The van der Waals surface area contributed by atoms with E-state index in [1.807, 2.05) is 12.2 Å². The minimum absolute atomic E-state index is 0.0789. The van der Waals surface area contributed by atoms with Gasteiger partial charge in [0.2, 0.25) is 11.8 Å². The molecule has 11 nitrogen and oxygen atoms in total. The molecule has 0 saturated carbocycles. The fourth-order valence-corrected chi connectivity index (χ4v) is 3.93. The highest BCUT2D eigenvalue weighted by Crippen LogP contribution is 2.09. The van der Waals surface area contributed by atoms with Gasteiger partial charge in [-0.2, -0.15) is 12.6 Å². The summed E-state index contributed by atoms with van der Waals surface area (Å²) >= 11 is 4.01. The first-order valence-electron chi connectivity index (χ1n) is 14.8. The van der Waals surface area contributed by atoms with Crippen LogP contribution in [0.15, 0.2) is 72.5 Å². The Morgan fingerprint density at radius 3 is 2.00 bits per heavy atom. The molecule has 0 saturated heterocycles. The molecule has 0 aromatic rings. The van der Waals surface area contributed by atoms with Gasteiger partial charge in [-0.1, -0.05) is 94.1 Å². The number of carbonyl (C=O) groups excluding carboxylic acids is 2. The highest BCUT2D eigenvalue weighted by Gasteiger charge is 2.22. The maximum Gasteiger partial charge on any atom is 0.328 e. The molecule has 0 radical (unpaired) electrons. The van der Waals surface area contributed by atoms with E-state index in [4.69, 9.17) is 10.2 Å². The van der Waals surface area contributed by atoms with Crippen LogP contribution in [0.1, 0.15) is 71.1 Å². The predicted octanol–water partition coefficient (Wildman–Crippen LogP) is 4.32. The fraction of sp³-hybridized carbons (Fsp3) is 0.469. The monoisotopic (exact) mass is 633 g/mol. The van der Waals surface area contributed by atoms with Gasteiger partial charge in [-0.3, -0.25) is 14.4 Å². The molecule has 0 fully saturated rings. The van der Waals surface area contributed by atoms with Crippen molar-refractivity contribution in [1.29, 1.82) is 0 Å². The van der Waals surface area contributed by atoms with Crippen molar-refractivity contribution in [3.8, 4) is 0 Å². The van der Waals surface area contributed by atoms with Crippen LogP contribution in [0.2, 0.25) is 0 Å². The molecule has 44 heavy (non-hydrogen) atoms. The van der Waals surface area contributed by atoms with Gasteiger partial charge in [0.1, 0.15) is 18.6 Å². The second kappa shape index (κ2) is 26.6. The zero-order chi connectivity index (χ0) is 33.0. The number of carbonyl (C=O) groups is 5. The van der Waals surface area contributed by atoms with Crippen LogP contribution >= 0.6 is 12.6 Å². The van der Waals surface area contributed by atoms with Crippen molar-refractivity contribution in [3.63, 3.8) is 0 Å². The zero-order valence-corrected chi connectivity index (χ0v) is 26.2. The Balaban J connectivity index is 5.26. The Bertz CT molecular complexity index is 1080. The maximum atomic E-state index is 12.4. The molecule has 0 heterocycles. The van der Waals surface area contributed by atoms with Crippen LogP contribution in [0.3, 0.4) is 0 Å². The highest BCUT2D eigenvalue weighted by atomic mass is 32.1. The second-order valence-electron chi connectivity index (χ2n) is 9.77. The van der Waals surface area contributed by atoms with Crippen LogP contribution in [0.25, 0.3) is 0 Å². The molecule has 0 aliphatic carbocycles. The van der Waals surface area contributed by atoms with Crippen molar-refractivity contribution >= 4 is 42.4 Å². The summed E-state index contributed by atoms with van der Waals surface area (Å²) in [6, 6.07) is -2.23. The van der Waals surface area contributed by atoms with E-state index in [9.17, 15) is 29.1 Å². The number of hydrogen-bond acceptors (Lipinski definition) is 7. The van der Waals surface area contributed by atoms with Crippen LogP contribution in [0, 0.1) is 0 Å². The van der Waals surface area contributed by atoms with Gasteiger partial charge in [0.05, 0.1) is 0 Å². The number of rotatable bonds is 25. The lowest BCUT2D eigenvalue weighted by Gasteiger charge is -2.18. The first kappa shape index (κ1) is 39.9. The normalized spacial score (nSPS) is 13.6. The third-order valence-electron chi connectivity index (χ3n) is 6.00. The molecule has 12 heteroatoms. The van der Waals surface area contributed by atoms with Gasteiger partial charge in [-0.25, -0.2) is 9.59 Å². The molecular weight excluding hydrogens is 586 g/mol. The van der Waals surface area contributed by atoms with Crippen LogP contribution < -0.4 is 16.0 Å². The van der Waals surface area contributed by atoms with E-state index in [2.05, 4.69) is 41.6 Å².